The Hall–Kier alpha value is -2.55. The molecular weight excluding hydrogens is 264 g/mol. The molecule has 1 heterocycles. The van der Waals surface area contributed by atoms with Crippen molar-refractivity contribution < 1.29 is 14.6 Å². The minimum absolute atomic E-state index is 0.0414. The molecule has 2 aliphatic rings. The summed E-state index contributed by atoms with van der Waals surface area (Å²) in [5.41, 5.74) is 3.34. The fraction of sp³-hybridized carbons (Fsp3) is 0.167. The predicted octanol–water partition coefficient (Wildman–Crippen LogP) is 3.27. The van der Waals surface area contributed by atoms with E-state index in [2.05, 4.69) is 12.1 Å². The Labute approximate surface area is 122 Å². The van der Waals surface area contributed by atoms with Crippen LogP contribution in [-0.2, 0) is 9.53 Å². The van der Waals surface area contributed by atoms with Crippen LogP contribution < -0.4 is 0 Å². The van der Waals surface area contributed by atoms with Crippen molar-refractivity contribution in [2.24, 2.45) is 5.92 Å². The molecule has 0 spiro atoms. The van der Waals surface area contributed by atoms with Gasteiger partial charge in [0.15, 0.2) is 0 Å². The van der Waals surface area contributed by atoms with Crippen molar-refractivity contribution in [3.05, 3.63) is 76.9 Å². The number of hydrogen-bond acceptors (Lipinski definition) is 3. The predicted molar refractivity (Wildman–Crippen MR) is 78.7 cm³/mol. The Morgan fingerprint density at radius 2 is 1.71 bits per heavy atom. The van der Waals surface area contributed by atoms with Crippen LogP contribution in [0.2, 0.25) is 0 Å². The molecule has 0 bridgehead atoms. The van der Waals surface area contributed by atoms with Crippen molar-refractivity contribution in [2.45, 2.75) is 5.92 Å². The SMILES string of the molecule is O=C1OCC2C1=C(O)c1ccccc1C2c1ccccc1. The van der Waals surface area contributed by atoms with E-state index in [0.717, 1.165) is 16.7 Å². The quantitative estimate of drug-likeness (QED) is 0.814. The lowest BCUT2D eigenvalue weighted by molar-refractivity contribution is -0.135. The number of ether oxygens (including phenoxy) is 1. The highest BCUT2D eigenvalue weighted by atomic mass is 16.5. The van der Waals surface area contributed by atoms with Crippen LogP contribution in [0.25, 0.3) is 5.76 Å². The largest absolute Gasteiger partial charge is 0.507 e. The average molecular weight is 278 g/mol. The van der Waals surface area contributed by atoms with Gasteiger partial charge in [0.25, 0.3) is 0 Å². The third-order valence-corrected chi connectivity index (χ3v) is 4.35. The van der Waals surface area contributed by atoms with Crippen LogP contribution >= 0.6 is 0 Å². The number of fused-ring (bicyclic) bond motifs is 2. The van der Waals surface area contributed by atoms with Crippen LogP contribution in [0.3, 0.4) is 0 Å². The molecule has 2 atom stereocenters. The first kappa shape index (κ1) is 12.2. The number of esters is 1. The lowest BCUT2D eigenvalue weighted by Crippen LogP contribution is -2.23. The van der Waals surface area contributed by atoms with Gasteiger partial charge in [-0.15, -0.1) is 0 Å². The molecule has 21 heavy (non-hydrogen) atoms. The summed E-state index contributed by atoms with van der Waals surface area (Å²) in [7, 11) is 0. The van der Waals surface area contributed by atoms with Crippen molar-refractivity contribution in [1.82, 2.24) is 0 Å². The third-order valence-electron chi connectivity index (χ3n) is 4.35. The standard InChI is InChI=1S/C18H14O3/c19-17-13-9-5-4-8-12(13)15(11-6-2-1-3-7-11)14-10-21-18(20)16(14)17/h1-9,14-15,19H,10H2. The molecule has 0 saturated carbocycles. The molecule has 1 aliphatic carbocycles. The normalized spacial score (nSPS) is 23.5. The fourth-order valence-corrected chi connectivity index (χ4v) is 3.43. The van der Waals surface area contributed by atoms with E-state index >= 15 is 0 Å². The first-order valence-electron chi connectivity index (χ1n) is 7.02. The molecule has 104 valence electrons. The second kappa shape index (κ2) is 4.48. The van der Waals surface area contributed by atoms with Gasteiger partial charge >= 0.3 is 5.97 Å². The van der Waals surface area contributed by atoms with E-state index in [-0.39, 0.29) is 17.6 Å². The van der Waals surface area contributed by atoms with E-state index in [1.807, 2.05) is 42.5 Å². The molecule has 1 fully saturated rings. The van der Waals surface area contributed by atoms with Crippen molar-refractivity contribution in [2.75, 3.05) is 6.61 Å². The number of aliphatic hydroxyl groups is 1. The minimum Gasteiger partial charge on any atom is -0.507 e. The number of cyclic esters (lactones) is 1. The van der Waals surface area contributed by atoms with E-state index in [9.17, 15) is 9.90 Å². The molecule has 1 N–H and O–H groups in total. The van der Waals surface area contributed by atoms with Crippen LogP contribution in [0.5, 0.6) is 0 Å². The summed E-state index contributed by atoms with van der Waals surface area (Å²) in [6.45, 7) is 0.326. The maximum atomic E-state index is 12.0. The topological polar surface area (TPSA) is 46.5 Å². The second-order valence-electron chi connectivity index (χ2n) is 5.44. The molecule has 0 aromatic heterocycles. The van der Waals surface area contributed by atoms with Crippen LogP contribution in [0.4, 0.5) is 0 Å². The fourth-order valence-electron chi connectivity index (χ4n) is 3.43. The molecule has 3 nitrogen and oxygen atoms in total. The molecule has 0 radical (unpaired) electrons. The average Bonchev–Trinajstić information content (AvgIpc) is 2.91. The first-order valence-corrected chi connectivity index (χ1v) is 7.02. The zero-order valence-corrected chi connectivity index (χ0v) is 11.3. The van der Waals surface area contributed by atoms with Crippen molar-refractivity contribution in [3.8, 4) is 0 Å². The Bertz CT molecular complexity index is 746. The monoisotopic (exact) mass is 278 g/mol. The van der Waals surface area contributed by atoms with Gasteiger partial charge in [-0.05, 0) is 11.1 Å². The van der Waals surface area contributed by atoms with Gasteiger partial charge in [-0.3, -0.25) is 0 Å². The summed E-state index contributed by atoms with van der Waals surface area (Å²) in [6, 6.07) is 17.8. The smallest absolute Gasteiger partial charge is 0.338 e. The minimum atomic E-state index is -0.395. The Morgan fingerprint density at radius 1 is 1.00 bits per heavy atom. The summed E-state index contributed by atoms with van der Waals surface area (Å²) in [4.78, 5) is 12.0. The van der Waals surface area contributed by atoms with E-state index < -0.39 is 5.97 Å². The number of benzene rings is 2. The molecule has 1 aliphatic heterocycles. The lowest BCUT2D eigenvalue weighted by atomic mass is 9.72. The van der Waals surface area contributed by atoms with Gasteiger partial charge in [0.2, 0.25) is 0 Å². The van der Waals surface area contributed by atoms with Crippen LogP contribution in [0.1, 0.15) is 22.6 Å². The highest BCUT2D eigenvalue weighted by Gasteiger charge is 2.44. The number of rotatable bonds is 1. The van der Waals surface area contributed by atoms with E-state index in [1.54, 1.807) is 0 Å². The van der Waals surface area contributed by atoms with Gasteiger partial charge in [0, 0.05) is 17.4 Å². The maximum Gasteiger partial charge on any atom is 0.338 e. The maximum absolute atomic E-state index is 12.0. The molecule has 0 amide bonds. The molecule has 3 heteroatoms. The van der Waals surface area contributed by atoms with Gasteiger partial charge in [-0.2, -0.15) is 0 Å². The van der Waals surface area contributed by atoms with Crippen molar-refractivity contribution >= 4 is 11.7 Å². The summed E-state index contributed by atoms with van der Waals surface area (Å²) in [5.74, 6) is -0.396. The van der Waals surface area contributed by atoms with Gasteiger partial charge in [0.05, 0.1) is 12.2 Å². The number of carbonyl (C=O) groups excluding carboxylic acids is 1. The number of carbonyl (C=O) groups is 1. The van der Waals surface area contributed by atoms with E-state index in [1.165, 1.54) is 0 Å². The zero-order valence-electron chi connectivity index (χ0n) is 11.3. The summed E-state index contributed by atoms with van der Waals surface area (Å²) < 4.78 is 5.20. The highest BCUT2D eigenvalue weighted by molar-refractivity contribution is 6.00. The molecule has 1 saturated heterocycles. The van der Waals surface area contributed by atoms with Crippen LogP contribution in [0, 0.1) is 5.92 Å². The highest BCUT2D eigenvalue weighted by Crippen LogP contribution is 2.47. The van der Waals surface area contributed by atoms with E-state index in [0.29, 0.717) is 12.2 Å². The Kier molecular flexibility index (Phi) is 2.61. The molecule has 4 rings (SSSR count). The molecule has 2 unspecified atom stereocenters. The van der Waals surface area contributed by atoms with E-state index in [4.69, 9.17) is 4.74 Å². The van der Waals surface area contributed by atoms with Gasteiger partial charge in [-0.25, -0.2) is 4.79 Å². The zero-order chi connectivity index (χ0) is 14.4. The second-order valence-corrected chi connectivity index (χ2v) is 5.44. The summed E-state index contributed by atoms with van der Waals surface area (Å²) in [6.07, 6.45) is 0. The number of hydrogen-bond donors (Lipinski definition) is 1. The lowest BCUT2D eigenvalue weighted by Gasteiger charge is -2.30. The summed E-state index contributed by atoms with van der Waals surface area (Å²) in [5, 5.41) is 10.4. The van der Waals surface area contributed by atoms with Crippen LogP contribution in [0.15, 0.2) is 60.2 Å². The Morgan fingerprint density at radius 3 is 2.52 bits per heavy atom. The summed E-state index contributed by atoms with van der Waals surface area (Å²) >= 11 is 0. The first-order chi connectivity index (χ1) is 10.3. The molecule has 2 aromatic carbocycles. The number of aliphatic hydroxyl groups excluding tert-OH is 1. The van der Waals surface area contributed by atoms with Gasteiger partial charge in [0.1, 0.15) is 5.76 Å². The van der Waals surface area contributed by atoms with Gasteiger partial charge in [-0.1, -0.05) is 54.6 Å². The van der Waals surface area contributed by atoms with Gasteiger partial charge < -0.3 is 9.84 Å². The molecular formula is C18H14O3. The Balaban J connectivity index is 1.98. The third kappa shape index (κ3) is 1.70. The van der Waals surface area contributed by atoms with Crippen LogP contribution in [-0.4, -0.2) is 17.7 Å². The van der Waals surface area contributed by atoms with Crippen molar-refractivity contribution in [3.63, 3.8) is 0 Å². The van der Waals surface area contributed by atoms with Crippen molar-refractivity contribution in [1.29, 1.82) is 0 Å². The molecule has 2 aromatic rings.